The molecule has 0 aromatic carbocycles. The van der Waals surface area contributed by atoms with Crippen molar-refractivity contribution in [2.45, 2.75) is 32.4 Å². The highest BCUT2D eigenvalue weighted by atomic mass is 16.6. The van der Waals surface area contributed by atoms with Crippen LogP contribution in [0.25, 0.3) is 0 Å². The number of aryl methyl sites for hydroxylation is 1. The van der Waals surface area contributed by atoms with Crippen LogP contribution in [0.4, 0.5) is 0 Å². The van der Waals surface area contributed by atoms with Crippen LogP contribution in [-0.4, -0.2) is 28.1 Å². The highest BCUT2D eigenvalue weighted by Crippen LogP contribution is 2.26. The highest BCUT2D eigenvalue weighted by Gasteiger charge is 2.26. The maximum atomic E-state index is 9.08. The van der Waals surface area contributed by atoms with Gasteiger partial charge in [0.25, 0.3) is 0 Å². The van der Waals surface area contributed by atoms with Crippen LogP contribution in [0.1, 0.15) is 24.2 Å². The summed E-state index contributed by atoms with van der Waals surface area (Å²) >= 11 is 0. The molecule has 0 saturated heterocycles. The van der Waals surface area contributed by atoms with Gasteiger partial charge in [-0.15, -0.1) is 0 Å². The van der Waals surface area contributed by atoms with Crippen LogP contribution in [0.2, 0.25) is 0 Å². The molecule has 1 aromatic heterocycles. The molecule has 0 bridgehead atoms. The molecule has 2 rings (SSSR count). The molecule has 5 nitrogen and oxygen atoms in total. The summed E-state index contributed by atoms with van der Waals surface area (Å²) in [5.74, 6) is 0.616. The highest BCUT2D eigenvalue weighted by molar-refractivity contribution is 5.03. The molecule has 0 amide bonds. The van der Waals surface area contributed by atoms with Crippen molar-refractivity contribution >= 4 is 0 Å². The molecule has 1 aromatic rings. The molecule has 0 radical (unpaired) electrons. The number of nitrogens with zero attached hydrogens (tertiary/aromatic N) is 2. The first kappa shape index (κ1) is 9.61. The van der Waals surface area contributed by atoms with Crippen molar-refractivity contribution in [3.63, 3.8) is 0 Å². The molecule has 5 heteroatoms. The van der Waals surface area contributed by atoms with Gasteiger partial charge in [-0.25, -0.2) is 4.63 Å². The van der Waals surface area contributed by atoms with E-state index in [4.69, 9.17) is 5.11 Å². The van der Waals surface area contributed by atoms with Gasteiger partial charge >= 0.3 is 0 Å². The molecule has 14 heavy (non-hydrogen) atoms. The maximum Gasteiger partial charge on any atom is 0.121 e. The summed E-state index contributed by atoms with van der Waals surface area (Å²) in [7, 11) is 0. The van der Waals surface area contributed by atoms with E-state index in [0.29, 0.717) is 12.5 Å². The second kappa shape index (κ2) is 4.06. The maximum absolute atomic E-state index is 9.08. The third-order valence-electron chi connectivity index (χ3n) is 2.68. The fourth-order valence-electron chi connectivity index (χ4n) is 1.67. The van der Waals surface area contributed by atoms with E-state index in [1.165, 1.54) is 0 Å². The molecule has 1 saturated carbocycles. The van der Waals surface area contributed by atoms with Crippen LogP contribution in [0.3, 0.4) is 0 Å². The lowest BCUT2D eigenvalue weighted by Crippen LogP contribution is -2.36. The third-order valence-corrected chi connectivity index (χ3v) is 2.68. The van der Waals surface area contributed by atoms with Gasteiger partial charge in [-0.2, -0.15) is 0 Å². The zero-order chi connectivity index (χ0) is 9.97. The number of hydrogen-bond donors (Lipinski definition) is 2. The second-order valence-corrected chi connectivity index (χ2v) is 3.92. The van der Waals surface area contributed by atoms with Gasteiger partial charge in [-0.05, 0) is 32.2 Å². The van der Waals surface area contributed by atoms with E-state index in [1.807, 2.05) is 6.92 Å². The van der Waals surface area contributed by atoms with Gasteiger partial charge in [0, 0.05) is 6.54 Å². The molecule has 0 spiro atoms. The minimum absolute atomic E-state index is 0.0720. The van der Waals surface area contributed by atoms with Gasteiger partial charge < -0.3 is 10.4 Å². The molecule has 1 aliphatic rings. The zero-order valence-electron chi connectivity index (χ0n) is 8.23. The molecule has 0 atom stereocenters. The first-order valence-electron chi connectivity index (χ1n) is 4.92. The van der Waals surface area contributed by atoms with Crippen LogP contribution in [0.15, 0.2) is 4.63 Å². The minimum atomic E-state index is -0.0720. The Morgan fingerprint density at radius 2 is 2.29 bits per heavy atom. The van der Waals surface area contributed by atoms with Gasteiger partial charge in [0.05, 0.1) is 6.10 Å². The molecule has 1 heterocycles. The number of aromatic nitrogens is 2. The van der Waals surface area contributed by atoms with Crippen LogP contribution in [0.5, 0.6) is 0 Å². The summed E-state index contributed by atoms with van der Waals surface area (Å²) in [6, 6.07) is 0. The molecular weight excluding hydrogens is 182 g/mol. The summed E-state index contributed by atoms with van der Waals surface area (Å²) < 4.78 is 4.58. The summed E-state index contributed by atoms with van der Waals surface area (Å²) in [6.45, 7) is 3.51. The molecule has 2 N–H and O–H groups in total. The summed E-state index contributed by atoms with van der Waals surface area (Å²) in [6.07, 6.45) is 1.77. The second-order valence-electron chi connectivity index (χ2n) is 3.92. The van der Waals surface area contributed by atoms with Crippen LogP contribution in [0, 0.1) is 12.8 Å². The molecular formula is C9H15N3O2. The Hall–Kier alpha value is -0.940. The predicted molar refractivity (Wildman–Crippen MR) is 49.5 cm³/mol. The molecule has 1 fully saturated rings. The van der Waals surface area contributed by atoms with Gasteiger partial charge in [-0.3, -0.25) is 0 Å². The topological polar surface area (TPSA) is 71.2 Å². The average molecular weight is 197 g/mol. The monoisotopic (exact) mass is 197 g/mol. The predicted octanol–water partition coefficient (Wildman–Crippen LogP) is 0.239. The van der Waals surface area contributed by atoms with Crippen molar-refractivity contribution < 1.29 is 9.74 Å². The number of hydrogen-bond acceptors (Lipinski definition) is 5. The van der Waals surface area contributed by atoms with Gasteiger partial charge in [0.2, 0.25) is 0 Å². The van der Waals surface area contributed by atoms with E-state index >= 15 is 0 Å². The van der Waals surface area contributed by atoms with E-state index in [1.54, 1.807) is 0 Å². The minimum Gasteiger partial charge on any atom is -0.393 e. The normalized spacial score (nSPS) is 26.1. The number of nitrogens with one attached hydrogen (secondary N) is 1. The summed E-state index contributed by atoms with van der Waals surface area (Å²) in [5, 5.41) is 19.8. The van der Waals surface area contributed by atoms with Crippen LogP contribution in [-0.2, 0) is 6.54 Å². The van der Waals surface area contributed by atoms with Crippen molar-refractivity contribution in [3.05, 3.63) is 11.4 Å². The van der Waals surface area contributed by atoms with Crippen molar-refractivity contribution in [3.8, 4) is 0 Å². The summed E-state index contributed by atoms with van der Waals surface area (Å²) in [4.78, 5) is 0. The summed E-state index contributed by atoms with van der Waals surface area (Å²) in [5.41, 5.74) is 1.70. The van der Waals surface area contributed by atoms with Crippen molar-refractivity contribution in [1.82, 2.24) is 15.6 Å². The number of aliphatic hydroxyl groups excluding tert-OH is 1. The molecule has 0 unspecified atom stereocenters. The Kier molecular flexibility index (Phi) is 2.79. The van der Waals surface area contributed by atoms with Crippen LogP contribution >= 0.6 is 0 Å². The van der Waals surface area contributed by atoms with Gasteiger partial charge in [0.15, 0.2) is 0 Å². The quantitative estimate of drug-likeness (QED) is 0.723. The smallest absolute Gasteiger partial charge is 0.121 e. The lowest BCUT2D eigenvalue weighted by molar-refractivity contribution is 0.0429. The molecule has 0 aliphatic heterocycles. The first-order chi connectivity index (χ1) is 6.75. The van der Waals surface area contributed by atoms with Crippen molar-refractivity contribution in [2.75, 3.05) is 6.54 Å². The van der Waals surface area contributed by atoms with E-state index in [0.717, 1.165) is 30.8 Å². The Morgan fingerprint density at radius 3 is 2.86 bits per heavy atom. The number of aliphatic hydroxyl groups is 1. The van der Waals surface area contributed by atoms with E-state index in [9.17, 15) is 0 Å². The SMILES string of the molecule is Cc1nonc1CNCC1CC(O)C1. The Balaban J connectivity index is 1.66. The average Bonchev–Trinajstić information content (AvgIpc) is 2.49. The molecule has 1 aliphatic carbocycles. The zero-order valence-corrected chi connectivity index (χ0v) is 8.23. The van der Waals surface area contributed by atoms with Crippen molar-refractivity contribution in [1.29, 1.82) is 0 Å². The Morgan fingerprint density at radius 1 is 1.50 bits per heavy atom. The lowest BCUT2D eigenvalue weighted by Gasteiger charge is -2.31. The fraction of sp³-hybridized carbons (Fsp3) is 0.778. The van der Waals surface area contributed by atoms with Crippen molar-refractivity contribution in [2.24, 2.45) is 5.92 Å². The van der Waals surface area contributed by atoms with E-state index in [-0.39, 0.29) is 6.10 Å². The standard InChI is InChI=1S/C9H15N3O2/c1-6-9(12-14-11-6)5-10-4-7-2-8(13)3-7/h7-8,10,13H,2-5H2,1H3. The first-order valence-corrected chi connectivity index (χ1v) is 4.92. The van der Waals surface area contributed by atoms with Gasteiger partial charge in [0.1, 0.15) is 11.4 Å². The molecule has 78 valence electrons. The fourth-order valence-corrected chi connectivity index (χ4v) is 1.67. The van der Waals surface area contributed by atoms with E-state index < -0.39 is 0 Å². The lowest BCUT2D eigenvalue weighted by atomic mass is 9.82. The largest absolute Gasteiger partial charge is 0.393 e. The Labute approximate surface area is 82.5 Å². The van der Waals surface area contributed by atoms with Crippen LogP contribution < -0.4 is 5.32 Å². The third kappa shape index (κ3) is 2.10. The van der Waals surface area contributed by atoms with E-state index in [2.05, 4.69) is 20.3 Å². The Bertz CT molecular complexity index is 294. The van der Waals surface area contributed by atoms with Gasteiger partial charge in [-0.1, -0.05) is 10.3 Å². The number of rotatable bonds is 4.